The molecule has 1 unspecified atom stereocenters. The number of hydrogen-bond donors (Lipinski definition) is 2. The predicted octanol–water partition coefficient (Wildman–Crippen LogP) is 1.18. The van der Waals surface area contributed by atoms with Crippen molar-refractivity contribution in [1.82, 2.24) is 10.6 Å². The van der Waals surface area contributed by atoms with E-state index in [1.165, 1.54) is 31.3 Å². The van der Waals surface area contributed by atoms with Crippen molar-refractivity contribution in [2.75, 3.05) is 31.6 Å². The van der Waals surface area contributed by atoms with Gasteiger partial charge in [0.2, 0.25) is 11.8 Å². The number of ether oxygens (including phenoxy) is 1. The maximum Gasteiger partial charge on any atom is 0.340 e. The van der Waals surface area contributed by atoms with Gasteiger partial charge in [-0.15, -0.1) is 23.7 Å². The first-order valence-electron chi connectivity index (χ1n) is 8.07. The summed E-state index contributed by atoms with van der Waals surface area (Å²) in [5.74, 6) is -0.110. The number of nitrogens with zero attached hydrogens (tertiary/aromatic N) is 1. The molecule has 1 saturated heterocycles. The van der Waals surface area contributed by atoms with E-state index in [9.17, 15) is 14.4 Å². The van der Waals surface area contributed by atoms with Crippen LogP contribution in [-0.2, 0) is 14.3 Å². The first kappa shape index (κ1) is 19.7. The lowest BCUT2D eigenvalue weighted by Crippen LogP contribution is -2.45. The summed E-state index contributed by atoms with van der Waals surface area (Å²) in [4.78, 5) is 37.8. The molecule has 2 amide bonds. The molecule has 1 saturated carbocycles. The Labute approximate surface area is 156 Å². The van der Waals surface area contributed by atoms with Crippen molar-refractivity contribution in [2.24, 2.45) is 5.92 Å². The number of nitrogens with one attached hydrogen (secondary N) is 2. The lowest BCUT2D eigenvalue weighted by Gasteiger charge is -2.17. The highest BCUT2D eigenvalue weighted by Gasteiger charge is 2.36. The highest BCUT2D eigenvalue weighted by atomic mass is 35.5. The third-order valence-corrected chi connectivity index (χ3v) is 5.19. The summed E-state index contributed by atoms with van der Waals surface area (Å²) in [5, 5.41) is 8.22. The van der Waals surface area contributed by atoms with Gasteiger partial charge >= 0.3 is 5.97 Å². The van der Waals surface area contributed by atoms with Crippen LogP contribution < -0.4 is 15.5 Å². The predicted molar refractivity (Wildman–Crippen MR) is 97.4 cm³/mol. The van der Waals surface area contributed by atoms with Crippen LogP contribution in [0.4, 0.5) is 5.00 Å². The van der Waals surface area contributed by atoms with Gasteiger partial charge < -0.3 is 20.3 Å². The molecule has 1 aromatic rings. The zero-order chi connectivity index (χ0) is 17.1. The summed E-state index contributed by atoms with van der Waals surface area (Å²) in [6.07, 6.45) is 2.99. The summed E-state index contributed by atoms with van der Waals surface area (Å²) < 4.78 is 4.74. The molecule has 9 heteroatoms. The monoisotopic (exact) mass is 387 g/mol. The maximum absolute atomic E-state index is 12.5. The second-order valence-corrected chi connectivity index (χ2v) is 7.00. The highest BCUT2D eigenvalue weighted by molar-refractivity contribution is 7.14. The zero-order valence-electron chi connectivity index (χ0n) is 13.9. The average Bonchev–Trinajstić information content (AvgIpc) is 3.15. The van der Waals surface area contributed by atoms with Crippen LogP contribution in [0.2, 0.25) is 0 Å². The molecule has 0 aromatic carbocycles. The maximum atomic E-state index is 12.5. The van der Waals surface area contributed by atoms with E-state index >= 15 is 0 Å². The van der Waals surface area contributed by atoms with Crippen LogP contribution in [0, 0.1) is 5.92 Å². The van der Waals surface area contributed by atoms with Crippen LogP contribution in [0.25, 0.3) is 0 Å². The number of amides is 2. The molecule has 1 aliphatic heterocycles. The van der Waals surface area contributed by atoms with Gasteiger partial charge in [0.25, 0.3) is 0 Å². The Morgan fingerprint density at radius 1 is 1.36 bits per heavy atom. The van der Waals surface area contributed by atoms with Gasteiger partial charge in [0.05, 0.1) is 19.2 Å². The van der Waals surface area contributed by atoms with Crippen LogP contribution in [0.15, 0.2) is 11.4 Å². The topological polar surface area (TPSA) is 87.7 Å². The molecule has 0 spiro atoms. The normalized spacial score (nSPS) is 19.5. The van der Waals surface area contributed by atoms with Gasteiger partial charge in [0.15, 0.2) is 0 Å². The van der Waals surface area contributed by atoms with Gasteiger partial charge in [-0.1, -0.05) is 0 Å². The van der Waals surface area contributed by atoms with E-state index in [1.807, 2.05) is 0 Å². The number of carbonyl (C=O) groups is 3. The number of halogens is 1. The van der Waals surface area contributed by atoms with E-state index in [0.717, 1.165) is 6.54 Å². The minimum Gasteiger partial charge on any atom is -0.465 e. The number of esters is 1. The summed E-state index contributed by atoms with van der Waals surface area (Å²) in [5.41, 5.74) is 0.383. The van der Waals surface area contributed by atoms with Crippen LogP contribution >= 0.6 is 23.7 Å². The fourth-order valence-corrected chi connectivity index (χ4v) is 3.67. The van der Waals surface area contributed by atoms with Crippen LogP contribution in [0.5, 0.6) is 0 Å². The molecule has 2 aliphatic rings. The number of rotatable bonds is 7. The van der Waals surface area contributed by atoms with Crippen molar-refractivity contribution in [1.29, 1.82) is 0 Å². The summed E-state index contributed by atoms with van der Waals surface area (Å²) in [6.45, 7) is 1.56. The summed E-state index contributed by atoms with van der Waals surface area (Å²) >= 11 is 1.32. The standard InChI is InChI=1S/C16H21N3O4S.ClH/c1-23-16(22)11-5-7-24-15(11)19-6-4-12(14(19)21)18-13(20)9-17-8-10-2-3-10;/h5,7,10,12,17H,2-4,6,8-9H2,1H3,(H,18,20);1H. The van der Waals surface area contributed by atoms with Crippen molar-refractivity contribution >= 4 is 46.5 Å². The third kappa shape index (κ3) is 4.71. The number of carbonyl (C=O) groups excluding carboxylic acids is 3. The molecular weight excluding hydrogens is 366 g/mol. The number of hydrogen-bond acceptors (Lipinski definition) is 6. The molecule has 0 bridgehead atoms. The van der Waals surface area contributed by atoms with E-state index in [1.54, 1.807) is 16.3 Å². The molecule has 2 fully saturated rings. The third-order valence-electron chi connectivity index (χ3n) is 4.25. The van der Waals surface area contributed by atoms with Crippen molar-refractivity contribution in [2.45, 2.75) is 25.3 Å². The van der Waals surface area contributed by atoms with E-state index in [2.05, 4.69) is 10.6 Å². The Morgan fingerprint density at radius 3 is 2.80 bits per heavy atom. The zero-order valence-corrected chi connectivity index (χ0v) is 15.6. The molecule has 7 nitrogen and oxygen atoms in total. The van der Waals surface area contributed by atoms with Crippen molar-refractivity contribution in [3.05, 3.63) is 17.0 Å². The Bertz CT molecular complexity index is 647. The fourth-order valence-electron chi connectivity index (χ4n) is 2.75. The quantitative estimate of drug-likeness (QED) is 0.686. The van der Waals surface area contributed by atoms with E-state index in [-0.39, 0.29) is 30.8 Å². The van der Waals surface area contributed by atoms with Gasteiger partial charge in [-0.3, -0.25) is 9.59 Å². The van der Waals surface area contributed by atoms with Crippen molar-refractivity contribution < 1.29 is 19.1 Å². The second-order valence-electron chi connectivity index (χ2n) is 6.10. The van der Waals surface area contributed by atoms with Crippen molar-refractivity contribution in [3.8, 4) is 0 Å². The number of thiophene rings is 1. The van der Waals surface area contributed by atoms with E-state index < -0.39 is 12.0 Å². The Morgan fingerprint density at radius 2 is 2.12 bits per heavy atom. The Kier molecular flexibility index (Phi) is 6.80. The largest absolute Gasteiger partial charge is 0.465 e. The van der Waals surface area contributed by atoms with Gasteiger partial charge in [-0.2, -0.15) is 0 Å². The molecule has 1 aliphatic carbocycles. The molecule has 25 heavy (non-hydrogen) atoms. The van der Waals surface area contributed by atoms with Gasteiger partial charge in [0, 0.05) is 6.54 Å². The van der Waals surface area contributed by atoms with E-state index in [0.29, 0.717) is 29.4 Å². The van der Waals surface area contributed by atoms with Crippen molar-refractivity contribution in [3.63, 3.8) is 0 Å². The molecule has 138 valence electrons. The van der Waals surface area contributed by atoms with E-state index in [4.69, 9.17) is 4.74 Å². The molecule has 0 radical (unpaired) electrons. The Hall–Kier alpha value is -1.64. The SMILES string of the molecule is COC(=O)c1ccsc1N1CCC(NC(=O)CNCC2CC2)C1=O.Cl. The second kappa shape index (κ2) is 8.64. The molecule has 2 heterocycles. The van der Waals surface area contributed by atoms with Crippen LogP contribution in [-0.4, -0.2) is 50.6 Å². The average molecular weight is 388 g/mol. The Balaban J connectivity index is 0.00000225. The number of methoxy groups -OCH3 is 1. The molecule has 3 rings (SSSR count). The first-order chi connectivity index (χ1) is 11.6. The highest BCUT2D eigenvalue weighted by Crippen LogP contribution is 2.31. The lowest BCUT2D eigenvalue weighted by molar-refractivity contribution is -0.125. The summed E-state index contributed by atoms with van der Waals surface area (Å²) in [7, 11) is 1.31. The lowest BCUT2D eigenvalue weighted by atomic mass is 10.2. The number of anilines is 1. The van der Waals surface area contributed by atoms with Crippen LogP contribution in [0.3, 0.4) is 0 Å². The smallest absolute Gasteiger partial charge is 0.340 e. The molecule has 1 aromatic heterocycles. The molecular formula is C16H22ClN3O4S. The first-order valence-corrected chi connectivity index (χ1v) is 8.95. The summed E-state index contributed by atoms with van der Waals surface area (Å²) in [6, 6.07) is 1.11. The minimum atomic E-state index is -0.534. The van der Waals surface area contributed by atoms with Gasteiger partial charge in [0.1, 0.15) is 11.0 Å². The van der Waals surface area contributed by atoms with Gasteiger partial charge in [-0.05, 0) is 43.2 Å². The molecule has 2 N–H and O–H groups in total. The van der Waals surface area contributed by atoms with Gasteiger partial charge in [-0.25, -0.2) is 4.79 Å². The molecule has 1 atom stereocenters. The minimum absolute atomic E-state index is 0. The van der Waals surface area contributed by atoms with Crippen LogP contribution in [0.1, 0.15) is 29.6 Å². The fraction of sp³-hybridized carbons (Fsp3) is 0.562.